The number of para-hydroxylation sites is 1. The van der Waals surface area contributed by atoms with Crippen molar-refractivity contribution in [1.82, 2.24) is 0 Å². The first-order valence-corrected chi connectivity index (χ1v) is 8.03. The lowest BCUT2D eigenvalue weighted by Crippen LogP contribution is -2.04. The molecule has 0 atom stereocenters. The number of rotatable bonds is 6. The molecule has 2 nitrogen and oxygen atoms in total. The zero-order valence-corrected chi connectivity index (χ0v) is 13.8. The van der Waals surface area contributed by atoms with E-state index in [4.69, 9.17) is 16.3 Å². The Hall–Kier alpha value is -2.52. The summed E-state index contributed by atoms with van der Waals surface area (Å²) in [7, 11) is 0. The van der Waals surface area contributed by atoms with Gasteiger partial charge in [-0.3, -0.25) is 0 Å². The van der Waals surface area contributed by atoms with Crippen molar-refractivity contribution in [2.45, 2.75) is 13.2 Å². The summed E-state index contributed by atoms with van der Waals surface area (Å²) in [5.41, 5.74) is 2.91. The molecule has 0 aliphatic rings. The maximum Gasteiger partial charge on any atom is 0.124 e. The van der Waals surface area contributed by atoms with Crippen LogP contribution in [0.3, 0.4) is 0 Å². The Bertz CT molecular complexity index is 790. The van der Waals surface area contributed by atoms with Gasteiger partial charge in [0, 0.05) is 22.8 Å². The fourth-order valence-electron chi connectivity index (χ4n) is 2.32. The van der Waals surface area contributed by atoms with Crippen molar-refractivity contribution in [2.24, 2.45) is 0 Å². The smallest absolute Gasteiger partial charge is 0.124 e. The lowest BCUT2D eigenvalue weighted by molar-refractivity contribution is 0.303. The molecule has 122 valence electrons. The molecule has 3 rings (SSSR count). The van der Waals surface area contributed by atoms with E-state index in [1.165, 1.54) is 12.1 Å². The van der Waals surface area contributed by atoms with Gasteiger partial charge < -0.3 is 10.1 Å². The highest BCUT2D eigenvalue weighted by atomic mass is 35.5. The van der Waals surface area contributed by atoms with E-state index in [1.807, 2.05) is 42.5 Å². The lowest BCUT2D eigenvalue weighted by Gasteiger charge is -2.13. The minimum atomic E-state index is -0.252. The molecular formula is C20H17ClFNO. The summed E-state index contributed by atoms with van der Waals surface area (Å²) in [5, 5.41) is 4.01. The van der Waals surface area contributed by atoms with Gasteiger partial charge in [-0.25, -0.2) is 4.39 Å². The average Bonchev–Trinajstić information content (AvgIpc) is 2.61. The largest absolute Gasteiger partial charge is 0.489 e. The zero-order valence-electron chi connectivity index (χ0n) is 13.0. The minimum absolute atomic E-state index is 0.252. The Morgan fingerprint density at radius 2 is 1.67 bits per heavy atom. The van der Waals surface area contributed by atoms with Crippen molar-refractivity contribution in [3.63, 3.8) is 0 Å². The topological polar surface area (TPSA) is 21.3 Å². The average molecular weight is 342 g/mol. The molecule has 24 heavy (non-hydrogen) atoms. The zero-order chi connectivity index (χ0) is 16.8. The normalized spacial score (nSPS) is 10.4. The molecule has 3 aromatic rings. The van der Waals surface area contributed by atoms with Gasteiger partial charge in [-0.05, 0) is 48.0 Å². The van der Waals surface area contributed by atoms with Gasteiger partial charge in [-0.15, -0.1) is 0 Å². The van der Waals surface area contributed by atoms with Gasteiger partial charge in [0.1, 0.15) is 18.2 Å². The number of benzene rings is 3. The van der Waals surface area contributed by atoms with Gasteiger partial charge in [0.2, 0.25) is 0 Å². The molecular weight excluding hydrogens is 325 g/mol. The van der Waals surface area contributed by atoms with Crippen LogP contribution in [0.5, 0.6) is 5.75 Å². The molecule has 0 saturated carbocycles. The van der Waals surface area contributed by atoms with E-state index in [1.54, 1.807) is 18.2 Å². The van der Waals surface area contributed by atoms with Crippen molar-refractivity contribution in [1.29, 1.82) is 0 Å². The molecule has 0 heterocycles. The van der Waals surface area contributed by atoms with Crippen LogP contribution in [-0.4, -0.2) is 0 Å². The van der Waals surface area contributed by atoms with Crippen LogP contribution in [0.2, 0.25) is 5.02 Å². The summed E-state index contributed by atoms with van der Waals surface area (Å²) in [6, 6.07) is 21.8. The summed E-state index contributed by atoms with van der Waals surface area (Å²) in [5.74, 6) is 0.505. The first kappa shape index (κ1) is 16.3. The van der Waals surface area contributed by atoms with E-state index in [0.29, 0.717) is 18.2 Å². The van der Waals surface area contributed by atoms with Crippen LogP contribution < -0.4 is 10.1 Å². The first-order chi connectivity index (χ1) is 11.7. The Morgan fingerprint density at radius 3 is 2.42 bits per heavy atom. The van der Waals surface area contributed by atoms with Crippen molar-refractivity contribution in [2.75, 3.05) is 5.32 Å². The number of hydrogen-bond donors (Lipinski definition) is 1. The lowest BCUT2D eigenvalue weighted by atomic mass is 10.2. The molecule has 0 amide bonds. The van der Waals surface area contributed by atoms with Gasteiger partial charge >= 0.3 is 0 Å². The molecule has 1 N–H and O–H groups in total. The van der Waals surface area contributed by atoms with Gasteiger partial charge in [0.25, 0.3) is 0 Å². The SMILES string of the molecule is Fc1ccc(COc2ccc(Cl)cc2CNc2ccccc2)cc1. The van der Waals surface area contributed by atoms with E-state index < -0.39 is 0 Å². The molecule has 0 aromatic heterocycles. The summed E-state index contributed by atoms with van der Waals surface area (Å²) >= 11 is 6.11. The quantitative estimate of drug-likeness (QED) is 0.623. The third kappa shape index (κ3) is 4.49. The Kier molecular flexibility index (Phi) is 5.34. The number of hydrogen-bond acceptors (Lipinski definition) is 2. The number of nitrogens with one attached hydrogen (secondary N) is 1. The number of ether oxygens (including phenoxy) is 1. The van der Waals surface area contributed by atoms with Crippen LogP contribution in [0.25, 0.3) is 0 Å². The van der Waals surface area contributed by atoms with Crippen LogP contribution in [-0.2, 0) is 13.2 Å². The molecule has 0 aliphatic carbocycles. The molecule has 0 spiro atoms. The predicted octanol–water partition coefficient (Wildman–Crippen LogP) is 5.67. The first-order valence-electron chi connectivity index (χ1n) is 7.65. The second kappa shape index (κ2) is 7.84. The standard InChI is InChI=1S/C20H17ClFNO/c21-17-8-11-20(24-14-15-6-9-18(22)10-7-15)16(12-17)13-23-19-4-2-1-3-5-19/h1-12,23H,13-14H2. The minimum Gasteiger partial charge on any atom is -0.489 e. The molecule has 4 heteroatoms. The van der Waals surface area contributed by atoms with E-state index in [0.717, 1.165) is 22.6 Å². The summed E-state index contributed by atoms with van der Waals surface area (Å²) < 4.78 is 18.8. The van der Waals surface area contributed by atoms with Crippen LogP contribution in [0.1, 0.15) is 11.1 Å². The molecule has 0 saturated heterocycles. The van der Waals surface area contributed by atoms with E-state index in [2.05, 4.69) is 5.32 Å². The fraction of sp³-hybridized carbons (Fsp3) is 0.100. The Labute approximate surface area is 145 Å². The van der Waals surface area contributed by atoms with E-state index >= 15 is 0 Å². The van der Waals surface area contributed by atoms with Crippen molar-refractivity contribution >= 4 is 17.3 Å². The fourth-order valence-corrected chi connectivity index (χ4v) is 2.52. The third-order valence-corrected chi connectivity index (χ3v) is 3.82. The monoisotopic (exact) mass is 341 g/mol. The van der Waals surface area contributed by atoms with Crippen molar-refractivity contribution in [3.05, 3.63) is 94.8 Å². The molecule has 0 bridgehead atoms. The molecule has 0 radical (unpaired) electrons. The molecule has 0 fully saturated rings. The Balaban J connectivity index is 1.69. The van der Waals surface area contributed by atoms with Crippen molar-refractivity contribution < 1.29 is 9.13 Å². The van der Waals surface area contributed by atoms with Crippen LogP contribution in [0.15, 0.2) is 72.8 Å². The van der Waals surface area contributed by atoms with Crippen LogP contribution >= 0.6 is 11.6 Å². The number of halogens is 2. The van der Waals surface area contributed by atoms with Gasteiger partial charge in [0.05, 0.1) is 0 Å². The highest BCUT2D eigenvalue weighted by Gasteiger charge is 2.06. The molecule has 0 aliphatic heterocycles. The Morgan fingerprint density at radius 1 is 0.917 bits per heavy atom. The summed E-state index contributed by atoms with van der Waals surface area (Å²) in [6.07, 6.45) is 0. The maximum absolute atomic E-state index is 13.0. The van der Waals surface area contributed by atoms with Gasteiger partial charge in [-0.2, -0.15) is 0 Å². The van der Waals surface area contributed by atoms with E-state index in [9.17, 15) is 4.39 Å². The van der Waals surface area contributed by atoms with Gasteiger partial charge in [0.15, 0.2) is 0 Å². The molecule has 3 aromatic carbocycles. The third-order valence-electron chi connectivity index (χ3n) is 3.59. The van der Waals surface area contributed by atoms with E-state index in [-0.39, 0.29) is 5.82 Å². The predicted molar refractivity (Wildman–Crippen MR) is 96.0 cm³/mol. The summed E-state index contributed by atoms with van der Waals surface area (Å²) in [6.45, 7) is 0.976. The van der Waals surface area contributed by atoms with Crippen molar-refractivity contribution in [3.8, 4) is 5.75 Å². The maximum atomic E-state index is 13.0. The van der Waals surface area contributed by atoms with Crippen LogP contribution in [0.4, 0.5) is 10.1 Å². The molecule has 0 unspecified atom stereocenters. The highest BCUT2D eigenvalue weighted by Crippen LogP contribution is 2.25. The van der Waals surface area contributed by atoms with Crippen LogP contribution in [0, 0.1) is 5.82 Å². The van der Waals surface area contributed by atoms with Gasteiger partial charge in [-0.1, -0.05) is 41.9 Å². The second-order valence-electron chi connectivity index (χ2n) is 5.39. The highest BCUT2D eigenvalue weighted by molar-refractivity contribution is 6.30. The number of anilines is 1. The second-order valence-corrected chi connectivity index (χ2v) is 5.82. The summed E-state index contributed by atoms with van der Waals surface area (Å²) in [4.78, 5) is 0.